The van der Waals surface area contributed by atoms with Crippen LogP contribution >= 0.6 is 7.81 Å². The van der Waals surface area contributed by atoms with Gasteiger partial charge in [-0.3, -0.25) is 0 Å². The molecule has 0 fully saturated rings. The Morgan fingerprint density at radius 1 is 0.913 bits per heavy atom. The second kappa shape index (κ2) is 7.96. The first kappa shape index (κ1) is 21.6. The number of aryl methyl sites for hydroxylation is 1. The van der Waals surface area contributed by atoms with Crippen LogP contribution in [-0.2, 0) is 6.54 Å². The van der Waals surface area contributed by atoms with Crippen molar-refractivity contribution < 1.29 is 29.7 Å². The van der Waals surface area contributed by atoms with E-state index in [1.807, 2.05) is 24.5 Å². The van der Waals surface area contributed by atoms with Gasteiger partial charge >= 0.3 is 33.0 Å². The third-order valence-electron chi connectivity index (χ3n) is 2.79. The van der Waals surface area contributed by atoms with Crippen molar-refractivity contribution in [2.45, 2.75) is 52.0 Å². The van der Waals surface area contributed by atoms with Crippen LogP contribution < -0.4 is 4.57 Å². The Morgan fingerprint density at radius 2 is 1.35 bits per heavy atom. The van der Waals surface area contributed by atoms with Gasteiger partial charge in [-0.05, 0) is 6.42 Å². The summed E-state index contributed by atoms with van der Waals surface area (Å²) in [5.74, 6) is 0. The molecule has 2 nitrogen and oxygen atoms in total. The Hall–Kier alpha value is -1.35. The molecular weight excluding hydrogens is 341 g/mol. The molecule has 0 aromatic carbocycles. The minimum atomic E-state index is -10.7. The molecule has 1 rings (SSSR count). The average molecular weight is 362 g/mol. The van der Waals surface area contributed by atoms with Gasteiger partial charge in [-0.25, -0.2) is 4.57 Å². The molecule has 9 heteroatoms. The SMILES string of the molecule is CCCCCCCC[n+]1ccc(C#N)cc1.F[P-](F)(F)(F)(F)F. The first-order valence-electron chi connectivity index (χ1n) is 7.27. The normalized spacial score (nSPS) is 14.0. The van der Waals surface area contributed by atoms with Gasteiger partial charge in [0.15, 0.2) is 12.4 Å². The predicted octanol–water partition coefficient (Wildman–Crippen LogP) is 6.59. The van der Waals surface area contributed by atoms with Crippen LogP contribution in [0.1, 0.15) is 51.0 Å². The average Bonchev–Trinajstić information content (AvgIpc) is 2.40. The first-order valence-corrected chi connectivity index (χ1v) is 9.30. The molecule has 1 aromatic rings. The van der Waals surface area contributed by atoms with Crippen LogP contribution in [-0.4, -0.2) is 0 Å². The van der Waals surface area contributed by atoms with Crippen LogP contribution in [0, 0.1) is 11.3 Å². The fourth-order valence-corrected chi connectivity index (χ4v) is 1.76. The van der Waals surface area contributed by atoms with Crippen LogP contribution in [0.4, 0.5) is 25.2 Å². The zero-order valence-electron chi connectivity index (χ0n) is 12.9. The number of aromatic nitrogens is 1. The number of pyridine rings is 1. The molecule has 0 saturated heterocycles. The number of rotatable bonds is 7. The zero-order chi connectivity index (χ0) is 18.0. The Labute approximate surface area is 132 Å². The molecule has 1 aromatic heterocycles. The summed E-state index contributed by atoms with van der Waals surface area (Å²) in [6, 6.07) is 5.88. The van der Waals surface area contributed by atoms with E-state index in [0.717, 1.165) is 12.1 Å². The first-order chi connectivity index (χ1) is 10.3. The Morgan fingerprint density at radius 3 is 1.78 bits per heavy atom. The van der Waals surface area contributed by atoms with E-state index in [2.05, 4.69) is 17.6 Å². The standard InChI is InChI=1S/C14H21N2.F6P/c1-2-3-4-5-6-7-10-16-11-8-14(13-15)9-12-16;1-7(2,3,4,5)6/h8-9,11-12H,2-7,10H2,1H3;/q+1;-1. The van der Waals surface area contributed by atoms with Crippen LogP contribution in [0.5, 0.6) is 0 Å². The van der Waals surface area contributed by atoms with Crippen LogP contribution in [0.15, 0.2) is 24.5 Å². The number of hydrogen-bond acceptors (Lipinski definition) is 1. The summed E-state index contributed by atoms with van der Waals surface area (Å²) in [4.78, 5) is 0. The number of nitriles is 1. The van der Waals surface area contributed by atoms with Gasteiger partial charge < -0.3 is 0 Å². The Kier molecular flexibility index (Phi) is 7.49. The molecule has 0 aliphatic heterocycles. The molecule has 0 spiro atoms. The summed E-state index contributed by atoms with van der Waals surface area (Å²) in [7, 11) is -10.7. The van der Waals surface area contributed by atoms with E-state index in [-0.39, 0.29) is 0 Å². The maximum absolute atomic E-state index is 10.7. The van der Waals surface area contributed by atoms with Gasteiger partial charge in [-0.2, -0.15) is 5.26 Å². The van der Waals surface area contributed by atoms with Crippen LogP contribution in [0.2, 0.25) is 0 Å². The topological polar surface area (TPSA) is 27.7 Å². The quantitative estimate of drug-likeness (QED) is 0.233. The van der Waals surface area contributed by atoms with Crippen molar-refractivity contribution in [3.05, 3.63) is 30.1 Å². The molecule has 1 heterocycles. The van der Waals surface area contributed by atoms with Crippen molar-refractivity contribution >= 4 is 7.81 Å². The molecule has 23 heavy (non-hydrogen) atoms. The summed E-state index contributed by atoms with van der Waals surface area (Å²) in [6.45, 7) is 3.31. The van der Waals surface area contributed by atoms with E-state index < -0.39 is 7.81 Å². The van der Waals surface area contributed by atoms with Gasteiger partial charge in [0.2, 0.25) is 0 Å². The molecular formula is C14H21F6N2P. The molecule has 0 aliphatic carbocycles. The van der Waals surface area contributed by atoms with Gasteiger partial charge in [0.05, 0.1) is 11.6 Å². The van der Waals surface area contributed by atoms with E-state index in [1.54, 1.807) is 0 Å². The maximum atomic E-state index is 9.87. The fraction of sp³-hybridized carbons (Fsp3) is 0.571. The summed E-state index contributed by atoms with van der Waals surface area (Å²) >= 11 is 0. The summed E-state index contributed by atoms with van der Waals surface area (Å²) in [5, 5.41) is 8.67. The molecule has 0 atom stereocenters. The number of halogens is 6. The number of hydrogen-bond donors (Lipinski definition) is 0. The third kappa shape index (κ3) is 20.6. The van der Waals surface area contributed by atoms with Gasteiger partial charge in [0.1, 0.15) is 6.54 Å². The van der Waals surface area contributed by atoms with Gasteiger partial charge in [-0.15, -0.1) is 0 Å². The van der Waals surface area contributed by atoms with Crippen molar-refractivity contribution in [2.75, 3.05) is 0 Å². The van der Waals surface area contributed by atoms with E-state index >= 15 is 0 Å². The molecule has 0 N–H and O–H groups in total. The number of nitrogens with zero attached hydrogens (tertiary/aromatic N) is 2. The van der Waals surface area contributed by atoms with Gasteiger partial charge in [0, 0.05) is 18.6 Å². The van der Waals surface area contributed by atoms with Crippen molar-refractivity contribution in [1.29, 1.82) is 5.26 Å². The van der Waals surface area contributed by atoms with E-state index in [1.165, 1.54) is 38.5 Å². The molecule has 0 unspecified atom stereocenters. The monoisotopic (exact) mass is 362 g/mol. The molecule has 0 amide bonds. The molecule has 0 radical (unpaired) electrons. The Bertz CT molecular complexity index is 493. The van der Waals surface area contributed by atoms with E-state index in [4.69, 9.17) is 5.26 Å². The number of unbranched alkanes of at least 4 members (excludes halogenated alkanes) is 5. The second-order valence-electron chi connectivity index (χ2n) is 5.16. The van der Waals surface area contributed by atoms with E-state index in [0.29, 0.717) is 0 Å². The summed E-state index contributed by atoms with van der Waals surface area (Å²) in [5.41, 5.74) is 0.735. The third-order valence-corrected chi connectivity index (χ3v) is 2.79. The second-order valence-corrected chi connectivity index (χ2v) is 7.08. The van der Waals surface area contributed by atoms with Gasteiger partial charge in [0.25, 0.3) is 0 Å². The molecule has 0 aliphatic rings. The summed E-state index contributed by atoms with van der Waals surface area (Å²) < 4.78 is 61.3. The van der Waals surface area contributed by atoms with Crippen molar-refractivity contribution in [3.8, 4) is 6.07 Å². The molecule has 134 valence electrons. The van der Waals surface area contributed by atoms with Crippen LogP contribution in [0.3, 0.4) is 0 Å². The van der Waals surface area contributed by atoms with Crippen LogP contribution in [0.25, 0.3) is 0 Å². The van der Waals surface area contributed by atoms with Crippen molar-refractivity contribution in [3.63, 3.8) is 0 Å². The van der Waals surface area contributed by atoms with Gasteiger partial charge in [-0.1, -0.05) is 32.6 Å². The fourth-order valence-electron chi connectivity index (χ4n) is 1.76. The molecule has 0 saturated carbocycles. The van der Waals surface area contributed by atoms with Crippen molar-refractivity contribution in [1.82, 2.24) is 0 Å². The van der Waals surface area contributed by atoms with Crippen molar-refractivity contribution in [2.24, 2.45) is 0 Å². The zero-order valence-corrected chi connectivity index (χ0v) is 13.8. The predicted molar refractivity (Wildman–Crippen MR) is 78.3 cm³/mol. The minimum absolute atomic E-state index is 0.735. The summed E-state index contributed by atoms with van der Waals surface area (Å²) in [6.07, 6.45) is 11.9. The van der Waals surface area contributed by atoms with E-state index in [9.17, 15) is 25.2 Å². The Balaban J connectivity index is 0.000000585. The molecule has 0 bridgehead atoms.